The molecule has 0 saturated carbocycles. The standard InChI is InChI=1S/C18H21BrClNO5S/c19-18-6-5-15(26-18)10-21(13-7-8-27(23,24)12-13)9-14(22)11-25-17-4-2-1-3-16(17)20/h1-6,13-14,22H,7-12H2. The van der Waals surface area contributed by atoms with E-state index in [0.29, 0.717) is 34.2 Å². The second-order valence-corrected chi connectivity index (χ2v) is 10.0. The lowest BCUT2D eigenvalue weighted by Crippen LogP contribution is -2.42. The van der Waals surface area contributed by atoms with Gasteiger partial charge >= 0.3 is 0 Å². The molecule has 0 aliphatic carbocycles. The van der Waals surface area contributed by atoms with Crippen molar-refractivity contribution in [3.05, 3.63) is 51.9 Å². The van der Waals surface area contributed by atoms with E-state index in [1.54, 1.807) is 30.3 Å². The summed E-state index contributed by atoms with van der Waals surface area (Å²) >= 11 is 9.33. The molecule has 1 aromatic heterocycles. The predicted octanol–water partition coefficient (Wildman–Crippen LogP) is 3.12. The van der Waals surface area contributed by atoms with E-state index in [-0.39, 0.29) is 30.7 Å². The van der Waals surface area contributed by atoms with Crippen molar-refractivity contribution < 1.29 is 22.7 Å². The van der Waals surface area contributed by atoms with Gasteiger partial charge in [-0.05, 0) is 46.6 Å². The summed E-state index contributed by atoms with van der Waals surface area (Å²) in [4.78, 5) is 1.94. The zero-order valence-electron chi connectivity index (χ0n) is 14.6. The van der Waals surface area contributed by atoms with Crippen LogP contribution in [0.5, 0.6) is 5.75 Å². The molecule has 3 rings (SSSR count). The minimum Gasteiger partial charge on any atom is -0.489 e. The molecular weight excluding hydrogens is 458 g/mol. The van der Waals surface area contributed by atoms with Crippen LogP contribution in [0.3, 0.4) is 0 Å². The van der Waals surface area contributed by atoms with Crippen LogP contribution in [0.1, 0.15) is 12.2 Å². The molecule has 0 radical (unpaired) electrons. The highest BCUT2D eigenvalue weighted by Crippen LogP contribution is 2.24. The number of rotatable bonds is 8. The Labute approximate surface area is 172 Å². The third-order valence-corrected chi connectivity index (χ3v) is 6.91. The number of ether oxygens (including phenoxy) is 1. The van der Waals surface area contributed by atoms with Crippen LogP contribution in [0, 0.1) is 0 Å². The molecule has 1 aliphatic rings. The number of nitrogens with zero attached hydrogens (tertiary/aromatic N) is 1. The van der Waals surface area contributed by atoms with E-state index in [0.717, 1.165) is 0 Å². The molecule has 9 heteroatoms. The average molecular weight is 479 g/mol. The SMILES string of the molecule is O=S1(=O)CCC(N(Cc2ccc(Br)o2)CC(O)COc2ccccc2Cl)C1. The second-order valence-electron chi connectivity index (χ2n) is 6.59. The van der Waals surface area contributed by atoms with E-state index >= 15 is 0 Å². The van der Waals surface area contributed by atoms with Crippen molar-refractivity contribution in [3.8, 4) is 5.75 Å². The van der Waals surface area contributed by atoms with Crippen molar-refractivity contribution in [1.82, 2.24) is 4.90 Å². The molecule has 148 valence electrons. The fourth-order valence-electron chi connectivity index (χ4n) is 3.11. The maximum atomic E-state index is 11.9. The van der Waals surface area contributed by atoms with Gasteiger partial charge in [-0.1, -0.05) is 23.7 Å². The van der Waals surface area contributed by atoms with Crippen LogP contribution in [-0.2, 0) is 16.4 Å². The van der Waals surface area contributed by atoms with Crippen LogP contribution in [0.25, 0.3) is 0 Å². The van der Waals surface area contributed by atoms with Gasteiger partial charge < -0.3 is 14.3 Å². The van der Waals surface area contributed by atoms with Crippen LogP contribution < -0.4 is 4.74 Å². The Kier molecular flexibility index (Phi) is 6.86. The number of benzene rings is 1. The smallest absolute Gasteiger partial charge is 0.169 e. The number of hydrogen-bond acceptors (Lipinski definition) is 6. The summed E-state index contributed by atoms with van der Waals surface area (Å²) in [5, 5.41) is 10.9. The Morgan fingerprint density at radius 2 is 2.11 bits per heavy atom. The Balaban J connectivity index is 1.64. The number of hydrogen-bond donors (Lipinski definition) is 1. The van der Waals surface area contributed by atoms with Crippen LogP contribution >= 0.6 is 27.5 Å². The van der Waals surface area contributed by atoms with Crippen LogP contribution in [0.4, 0.5) is 0 Å². The van der Waals surface area contributed by atoms with E-state index in [1.165, 1.54) is 0 Å². The zero-order chi connectivity index (χ0) is 19.4. The number of aliphatic hydroxyl groups is 1. The summed E-state index contributed by atoms with van der Waals surface area (Å²) in [7, 11) is -3.04. The first-order valence-electron chi connectivity index (χ1n) is 8.56. The minimum atomic E-state index is -3.04. The highest BCUT2D eigenvalue weighted by molar-refractivity contribution is 9.10. The van der Waals surface area contributed by atoms with Gasteiger partial charge in [0, 0.05) is 12.6 Å². The van der Waals surface area contributed by atoms with Gasteiger partial charge in [-0.25, -0.2) is 8.42 Å². The Morgan fingerprint density at radius 1 is 1.33 bits per heavy atom. The normalized spacial score (nSPS) is 20.1. The largest absolute Gasteiger partial charge is 0.489 e. The molecule has 1 aliphatic heterocycles. The number of para-hydroxylation sites is 1. The molecule has 2 aromatic rings. The lowest BCUT2D eigenvalue weighted by atomic mass is 10.2. The maximum Gasteiger partial charge on any atom is 0.169 e. The first-order valence-corrected chi connectivity index (χ1v) is 11.6. The third kappa shape index (κ3) is 5.96. The Hall–Kier alpha value is -1.06. The highest BCUT2D eigenvalue weighted by atomic mass is 79.9. The third-order valence-electron chi connectivity index (χ3n) is 4.43. The molecular formula is C18H21BrClNO5S. The summed E-state index contributed by atoms with van der Waals surface area (Å²) in [5.74, 6) is 1.46. The molecule has 2 unspecified atom stereocenters. The second kappa shape index (κ2) is 8.96. The molecule has 1 saturated heterocycles. The fraction of sp³-hybridized carbons (Fsp3) is 0.444. The van der Waals surface area contributed by atoms with Crippen molar-refractivity contribution in [2.75, 3.05) is 24.7 Å². The lowest BCUT2D eigenvalue weighted by Gasteiger charge is -2.29. The summed E-state index contributed by atoms with van der Waals surface area (Å²) in [6, 6.07) is 10.5. The fourth-order valence-corrected chi connectivity index (χ4v) is 5.41. The molecule has 1 aromatic carbocycles. The van der Waals surface area contributed by atoms with E-state index in [4.69, 9.17) is 20.8 Å². The summed E-state index contributed by atoms with van der Waals surface area (Å²) in [6.07, 6.45) is -0.259. The number of aliphatic hydroxyl groups excluding tert-OH is 1. The van der Waals surface area contributed by atoms with Crippen molar-refractivity contribution in [1.29, 1.82) is 0 Å². The topological polar surface area (TPSA) is 80.0 Å². The molecule has 0 bridgehead atoms. The molecule has 2 heterocycles. The first-order chi connectivity index (χ1) is 12.8. The first kappa shape index (κ1) is 20.7. The quantitative estimate of drug-likeness (QED) is 0.628. The van der Waals surface area contributed by atoms with Crippen molar-refractivity contribution >= 4 is 37.4 Å². The number of halogens is 2. The van der Waals surface area contributed by atoms with E-state index in [1.807, 2.05) is 11.0 Å². The van der Waals surface area contributed by atoms with Gasteiger partial charge in [-0.15, -0.1) is 0 Å². The van der Waals surface area contributed by atoms with Gasteiger partial charge in [0.25, 0.3) is 0 Å². The van der Waals surface area contributed by atoms with Gasteiger partial charge in [0.05, 0.1) is 23.1 Å². The molecule has 6 nitrogen and oxygen atoms in total. The average Bonchev–Trinajstić information content (AvgIpc) is 3.18. The van der Waals surface area contributed by atoms with E-state index in [2.05, 4.69) is 15.9 Å². The summed E-state index contributed by atoms with van der Waals surface area (Å²) in [6.45, 7) is 0.736. The molecule has 1 N–H and O–H groups in total. The van der Waals surface area contributed by atoms with Gasteiger partial charge in [0.15, 0.2) is 14.5 Å². The Morgan fingerprint density at radius 3 is 2.74 bits per heavy atom. The monoisotopic (exact) mass is 477 g/mol. The molecule has 2 atom stereocenters. The van der Waals surface area contributed by atoms with Crippen molar-refractivity contribution in [2.45, 2.75) is 25.1 Å². The summed E-state index contributed by atoms with van der Waals surface area (Å²) < 4.78 is 35.5. The summed E-state index contributed by atoms with van der Waals surface area (Å²) in [5.41, 5.74) is 0. The molecule has 1 fully saturated rings. The molecule has 27 heavy (non-hydrogen) atoms. The van der Waals surface area contributed by atoms with Gasteiger partial charge in [0.1, 0.15) is 24.2 Å². The number of sulfone groups is 1. The van der Waals surface area contributed by atoms with Gasteiger partial charge in [-0.2, -0.15) is 0 Å². The van der Waals surface area contributed by atoms with Crippen molar-refractivity contribution in [3.63, 3.8) is 0 Å². The van der Waals surface area contributed by atoms with Crippen LogP contribution in [0.15, 0.2) is 45.5 Å². The van der Waals surface area contributed by atoms with E-state index in [9.17, 15) is 13.5 Å². The molecule has 0 amide bonds. The molecule has 0 spiro atoms. The zero-order valence-corrected chi connectivity index (χ0v) is 17.7. The number of furan rings is 1. The predicted molar refractivity (Wildman–Crippen MR) is 107 cm³/mol. The highest BCUT2D eigenvalue weighted by Gasteiger charge is 2.33. The van der Waals surface area contributed by atoms with Gasteiger partial charge in [-0.3, -0.25) is 4.90 Å². The Bertz CT molecular complexity index is 872. The van der Waals surface area contributed by atoms with Gasteiger partial charge in [0.2, 0.25) is 0 Å². The van der Waals surface area contributed by atoms with Crippen LogP contribution in [-0.4, -0.2) is 55.2 Å². The van der Waals surface area contributed by atoms with E-state index < -0.39 is 15.9 Å². The minimum absolute atomic E-state index is 0.0571. The lowest BCUT2D eigenvalue weighted by molar-refractivity contribution is 0.0496. The van der Waals surface area contributed by atoms with Crippen LogP contribution in [0.2, 0.25) is 5.02 Å². The van der Waals surface area contributed by atoms with Crippen molar-refractivity contribution in [2.24, 2.45) is 0 Å². The maximum absolute atomic E-state index is 11.9.